The highest BCUT2D eigenvalue weighted by molar-refractivity contribution is 7.12. The van der Waals surface area contributed by atoms with Crippen molar-refractivity contribution in [1.29, 1.82) is 0 Å². The number of benzene rings is 1. The van der Waals surface area contributed by atoms with Crippen LogP contribution in [0.4, 0.5) is 0 Å². The molecule has 0 saturated heterocycles. The third kappa shape index (κ3) is 4.46. The first-order valence-corrected chi connectivity index (χ1v) is 10.4. The molecule has 29 heavy (non-hydrogen) atoms. The summed E-state index contributed by atoms with van der Waals surface area (Å²) in [6.07, 6.45) is 4.75. The van der Waals surface area contributed by atoms with Gasteiger partial charge in [0.1, 0.15) is 0 Å². The average Bonchev–Trinajstić information content (AvgIpc) is 3.23. The zero-order valence-electron chi connectivity index (χ0n) is 16.4. The van der Waals surface area contributed by atoms with E-state index in [0.717, 1.165) is 39.3 Å². The molecular formula is C24H21N3OS. The van der Waals surface area contributed by atoms with Gasteiger partial charge in [-0.05, 0) is 43.5 Å². The van der Waals surface area contributed by atoms with E-state index in [2.05, 4.69) is 27.9 Å². The number of Topliss-reactive ketones (excluding diaryl/α,β-unsaturated/α-hetero) is 1. The summed E-state index contributed by atoms with van der Waals surface area (Å²) in [6, 6.07) is 16.0. The highest BCUT2D eigenvalue weighted by Gasteiger charge is 2.13. The number of hydrogen-bond donors (Lipinski definition) is 0. The standard InChI is InChI=1S/C24H21N3OS/c1-16-12-18(14-26-23(16)20-10-11-25-17(2)13-20)8-9-22(28)24-27-21(15-29-24)19-6-4-3-5-7-19/h3-7,10-15H,8-9H2,1-2H3. The lowest BCUT2D eigenvalue weighted by molar-refractivity contribution is 0.0982. The Balaban J connectivity index is 1.43. The van der Waals surface area contributed by atoms with Gasteiger partial charge in [-0.3, -0.25) is 14.8 Å². The first-order chi connectivity index (χ1) is 14.1. The zero-order valence-corrected chi connectivity index (χ0v) is 17.2. The van der Waals surface area contributed by atoms with Crippen molar-refractivity contribution in [3.8, 4) is 22.5 Å². The third-order valence-corrected chi connectivity index (χ3v) is 5.64. The molecule has 4 rings (SSSR count). The lowest BCUT2D eigenvalue weighted by atomic mass is 10.0. The largest absolute Gasteiger partial charge is 0.292 e. The molecule has 1 aromatic carbocycles. The quantitative estimate of drug-likeness (QED) is 0.390. The molecular weight excluding hydrogens is 378 g/mol. The lowest BCUT2D eigenvalue weighted by Crippen LogP contribution is -2.02. The summed E-state index contributed by atoms with van der Waals surface area (Å²) < 4.78 is 0. The molecule has 4 aromatic rings. The summed E-state index contributed by atoms with van der Waals surface area (Å²) in [4.78, 5) is 26.0. The maximum absolute atomic E-state index is 12.6. The van der Waals surface area contributed by atoms with Crippen LogP contribution < -0.4 is 0 Å². The Labute approximate surface area is 174 Å². The summed E-state index contributed by atoms with van der Waals surface area (Å²) in [5.74, 6) is 0.0728. The molecule has 0 saturated carbocycles. The molecule has 5 heteroatoms. The van der Waals surface area contributed by atoms with Crippen LogP contribution in [0.2, 0.25) is 0 Å². The van der Waals surface area contributed by atoms with Crippen LogP contribution in [0, 0.1) is 13.8 Å². The van der Waals surface area contributed by atoms with E-state index in [0.29, 0.717) is 17.8 Å². The van der Waals surface area contributed by atoms with Gasteiger partial charge in [-0.15, -0.1) is 11.3 Å². The minimum absolute atomic E-state index is 0.0728. The number of pyridine rings is 2. The van der Waals surface area contributed by atoms with Gasteiger partial charge >= 0.3 is 0 Å². The molecule has 3 aromatic heterocycles. The topological polar surface area (TPSA) is 55.7 Å². The van der Waals surface area contributed by atoms with E-state index in [-0.39, 0.29) is 5.78 Å². The summed E-state index contributed by atoms with van der Waals surface area (Å²) in [7, 11) is 0. The molecule has 0 atom stereocenters. The molecule has 4 nitrogen and oxygen atoms in total. The fourth-order valence-corrected chi connectivity index (χ4v) is 4.07. The van der Waals surface area contributed by atoms with Gasteiger partial charge in [-0.2, -0.15) is 0 Å². The fraction of sp³-hybridized carbons (Fsp3) is 0.167. The maximum Gasteiger partial charge on any atom is 0.191 e. The van der Waals surface area contributed by atoms with E-state index in [1.165, 1.54) is 11.3 Å². The second-order valence-corrected chi connectivity index (χ2v) is 7.88. The second-order valence-electron chi connectivity index (χ2n) is 7.02. The van der Waals surface area contributed by atoms with Gasteiger partial charge in [0.05, 0.1) is 11.4 Å². The SMILES string of the molecule is Cc1cc(-c2ncc(CCC(=O)c3nc(-c4ccccc4)cs3)cc2C)ccn1. The highest BCUT2D eigenvalue weighted by Crippen LogP contribution is 2.24. The lowest BCUT2D eigenvalue weighted by Gasteiger charge is -2.08. The Hall–Kier alpha value is -3.18. The molecule has 0 aliphatic carbocycles. The predicted molar refractivity (Wildman–Crippen MR) is 117 cm³/mol. The Kier molecular flexibility index (Phi) is 5.58. The maximum atomic E-state index is 12.6. The number of aryl methyl sites for hydroxylation is 3. The number of carbonyl (C=O) groups excluding carboxylic acids is 1. The van der Waals surface area contributed by atoms with E-state index >= 15 is 0 Å². The van der Waals surface area contributed by atoms with Crippen molar-refractivity contribution in [1.82, 2.24) is 15.0 Å². The minimum Gasteiger partial charge on any atom is -0.292 e. The van der Waals surface area contributed by atoms with Crippen molar-refractivity contribution in [2.45, 2.75) is 26.7 Å². The number of thiazole rings is 1. The van der Waals surface area contributed by atoms with Crippen LogP contribution in [0.1, 0.15) is 33.0 Å². The molecule has 0 aliphatic heterocycles. The molecule has 0 amide bonds. The summed E-state index contributed by atoms with van der Waals surface area (Å²) in [5.41, 5.74) is 7.04. The average molecular weight is 400 g/mol. The van der Waals surface area contributed by atoms with E-state index in [1.807, 2.05) is 61.0 Å². The normalized spacial score (nSPS) is 10.8. The number of aromatic nitrogens is 3. The van der Waals surface area contributed by atoms with Crippen molar-refractivity contribution >= 4 is 17.1 Å². The van der Waals surface area contributed by atoms with Crippen molar-refractivity contribution in [3.05, 3.63) is 88.1 Å². The minimum atomic E-state index is 0.0728. The molecule has 0 bridgehead atoms. The zero-order chi connectivity index (χ0) is 20.2. The first-order valence-electron chi connectivity index (χ1n) is 9.53. The molecule has 0 N–H and O–H groups in total. The monoisotopic (exact) mass is 399 g/mol. The van der Waals surface area contributed by atoms with Crippen LogP contribution >= 0.6 is 11.3 Å². The predicted octanol–water partition coefficient (Wildman–Crippen LogP) is 5.70. The van der Waals surface area contributed by atoms with Gasteiger partial charge in [-0.25, -0.2) is 4.98 Å². The van der Waals surface area contributed by atoms with Gasteiger partial charge in [0, 0.05) is 41.0 Å². The highest BCUT2D eigenvalue weighted by atomic mass is 32.1. The van der Waals surface area contributed by atoms with Crippen LogP contribution in [0.25, 0.3) is 22.5 Å². The number of carbonyl (C=O) groups is 1. The Morgan fingerprint density at radius 3 is 2.59 bits per heavy atom. The smallest absolute Gasteiger partial charge is 0.191 e. The van der Waals surface area contributed by atoms with Gasteiger partial charge in [0.25, 0.3) is 0 Å². The van der Waals surface area contributed by atoms with Crippen LogP contribution in [0.15, 0.2) is 66.3 Å². The Bertz CT molecular complexity index is 1150. The molecule has 144 valence electrons. The molecule has 0 unspecified atom stereocenters. The summed E-state index contributed by atoms with van der Waals surface area (Å²) in [5, 5.41) is 2.51. The van der Waals surface area contributed by atoms with Crippen LogP contribution in [-0.2, 0) is 6.42 Å². The molecule has 0 spiro atoms. The van der Waals surface area contributed by atoms with Gasteiger partial charge in [-0.1, -0.05) is 36.4 Å². The molecule has 0 radical (unpaired) electrons. The van der Waals surface area contributed by atoms with Crippen molar-refractivity contribution < 1.29 is 4.79 Å². The molecule has 3 heterocycles. The molecule has 0 aliphatic rings. The van der Waals surface area contributed by atoms with Gasteiger partial charge in [0.2, 0.25) is 0 Å². The first kappa shape index (κ1) is 19.2. The Morgan fingerprint density at radius 1 is 1.00 bits per heavy atom. The summed E-state index contributed by atoms with van der Waals surface area (Å²) in [6.45, 7) is 4.02. The number of rotatable bonds is 6. The van der Waals surface area contributed by atoms with Crippen molar-refractivity contribution in [3.63, 3.8) is 0 Å². The van der Waals surface area contributed by atoms with Gasteiger partial charge < -0.3 is 0 Å². The van der Waals surface area contributed by atoms with Crippen LogP contribution in [0.5, 0.6) is 0 Å². The van der Waals surface area contributed by atoms with Crippen molar-refractivity contribution in [2.24, 2.45) is 0 Å². The van der Waals surface area contributed by atoms with E-state index in [4.69, 9.17) is 0 Å². The number of ketones is 1. The van der Waals surface area contributed by atoms with Crippen LogP contribution in [-0.4, -0.2) is 20.7 Å². The third-order valence-electron chi connectivity index (χ3n) is 4.76. The van der Waals surface area contributed by atoms with E-state index in [1.54, 1.807) is 6.20 Å². The van der Waals surface area contributed by atoms with Gasteiger partial charge in [0.15, 0.2) is 10.8 Å². The fourth-order valence-electron chi connectivity index (χ4n) is 3.27. The van der Waals surface area contributed by atoms with E-state index in [9.17, 15) is 4.79 Å². The molecule has 0 fully saturated rings. The number of nitrogens with zero attached hydrogens (tertiary/aromatic N) is 3. The number of hydrogen-bond acceptors (Lipinski definition) is 5. The van der Waals surface area contributed by atoms with Crippen molar-refractivity contribution in [2.75, 3.05) is 0 Å². The summed E-state index contributed by atoms with van der Waals surface area (Å²) >= 11 is 1.41. The Morgan fingerprint density at radius 2 is 1.83 bits per heavy atom. The van der Waals surface area contributed by atoms with E-state index < -0.39 is 0 Å². The second kappa shape index (κ2) is 8.45. The van der Waals surface area contributed by atoms with Crippen LogP contribution in [0.3, 0.4) is 0 Å².